The lowest BCUT2D eigenvalue weighted by molar-refractivity contribution is -0.138. The highest BCUT2D eigenvalue weighted by atomic mass is 16.5. The number of piperazine rings is 1. The second-order valence-electron chi connectivity index (χ2n) is 12.2. The molecule has 238 valence electrons. The number of hydrogen-bond acceptors (Lipinski definition) is 8. The van der Waals surface area contributed by atoms with Gasteiger partial charge in [-0.1, -0.05) is 18.2 Å². The molecule has 0 bridgehead atoms. The molecule has 2 fully saturated rings. The number of ether oxygens (including phenoxy) is 1. The fourth-order valence-electron chi connectivity index (χ4n) is 6.91. The number of amides is 4. The van der Waals surface area contributed by atoms with Crippen molar-refractivity contribution in [2.45, 2.75) is 45.1 Å². The van der Waals surface area contributed by atoms with E-state index in [1.807, 2.05) is 43.3 Å². The number of nitrogens with one attached hydrogen (secondary N) is 4. The van der Waals surface area contributed by atoms with Crippen LogP contribution < -0.4 is 25.6 Å². The van der Waals surface area contributed by atoms with Crippen LogP contribution in [0.5, 0.6) is 5.75 Å². The molecule has 0 saturated carbocycles. The van der Waals surface area contributed by atoms with Crippen molar-refractivity contribution in [2.75, 3.05) is 49.5 Å². The van der Waals surface area contributed by atoms with Gasteiger partial charge in [-0.15, -0.1) is 0 Å². The van der Waals surface area contributed by atoms with Crippen molar-refractivity contribution < 1.29 is 23.9 Å². The van der Waals surface area contributed by atoms with Gasteiger partial charge >= 0.3 is 0 Å². The second kappa shape index (κ2) is 12.4. The van der Waals surface area contributed by atoms with Crippen LogP contribution in [-0.2, 0) is 20.8 Å². The fourth-order valence-corrected chi connectivity index (χ4v) is 6.91. The number of H-pyrrole nitrogens is 1. The van der Waals surface area contributed by atoms with E-state index >= 15 is 0 Å². The normalized spacial score (nSPS) is 21.1. The smallest absolute Gasteiger partial charge is 0.267 e. The van der Waals surface area contributed by atoms with Crippen LogP contribution >= 0.6 is 0 Å². The number of carbonyl (C=O) groups excluding carboxylic acids is 4. The maximum Gasteiger partial charge on any atom is 0.267 e. The van der Waals surface area contributed by atoms with Crippen molar-refractivity contribution in [1.82, 2.24) is 25.5 Å². The van der Waals surface area contributed by atoms with Crippen molar-refractivity contribution in [3.05, 3.63) is 70.7 Å². The first-order valence-electron chi connectivity index (χ1n) is 15.9. The van der Waals surface area contributed by atoms with E-state index in [0.29, 0.717) is 29.9 Å². The zero-order valence-electron chi connectivity index (χ0n) is 25.8. The van der Waals surface area contributed by atoms with E-state index in [2.05, 4.69) is 35.7 Å². The number of carbonyl (C=O) groups is 4. The summed E-state index contributed by atoms with van der Waals surface area (Å²) in [7, 11) is 0. The van der Waals surface area contributed by atoms with E-state index in [4.69, 9.17) is 4.74 Å². The van der Waals surface area contributed by atoms with Crippen molar-refractivity contribution in [3.63, 3.8) is 0 Å². The third-order valence-electron chi connectivity index (χ3n) is 9.24. The Bertz CT molecular complexity index is 1740. The lowest BCUT2D eigenvalue weighted by Crippen LogP contribution is -2.47. The first-order chi connectivity index (χ1) is 22.4. The Morgan fingerprint density at radius 1 is 1.02 bits per heavy atom. The Balaban J connectivity index is 0.879. The molecule has 12 heteroatoms. The van der Waals surface area contributed by atoms with Gasteiger partial charge in [0, 0.05) is 68.2 Å². The van der Waals surface area contributed by atoms with Gasteiger partial charge in [0.15, 0.2) is 6.10 Å². The molecule has 0 spiro atoms. The SMILES string of the molecule is Cc1[nH]c2c(c1C(=O)NCCCN1CCN(c3ccc(OC4CCC(=O)NC4=O)cn3)CC1)CC/C2=C1/C(=O)Nc2ccccc21. The van der Waals surface area contributed by atoms with E-state index < -0.39 is 12.0 Å². The number of aryl methyl sites for hydroxylation is 1. The van der Waals surface area contributed by atoms with Gasteiger partial charge in [0.05, 0.1) is 17.3 Å². The van der Waals surface area contributed by atoms with Crippen LogP contribution in [0.25, 0.3) is 11.1 Å². The highest BCUT2D eigenvalue weighted by Gasteiger charge is 2.34. The molecule has 12 nitrogen and oxygen atoms in total. The zero-order valence-corrected chi connectivity index (χ0v) is 25.8. The van der Waals surface area contributed by atoms with Crippen LogP contribution in [-0.4, -0.2) is 83.9 Å². The largest absolute Gasteiger partial charge is 0.479 e. The number of allylic oxidation sites excluding steroid dienone is 1. The second-order valence-corrected chi connectivity index (χ2v) is 12.2. The zero-order chi connectivity index (χ0) is 31.8. The number of aromatic amines is 1. The summed E-state index contributed by atoms with van der Waals surface area (Å²) in [5.41, 5.74) is 6.86. The van der Waals surface area contributed by atoms with Crippen LogP contribution in [0.4, 0.5) is 11.5 Å². The number of piperidine rings is 1. The summed E-state index contributed by atoms with van der Waals surface area (Å²) in [5.74, 6) is 0.520. The standard InChI is InChI=1S/C34H37N7O5/c1-20-29(23-8-9-24(31(23)37-20)30-22-5-2-3-6-25(22)38-34(30)45)33(44)35-13-4-14-40-15-17-41(18-16-40)27-11-7-21(19-36-27)46-26-10-12-28(42)39-32(26)43/h2-3,5-7,11,19,26,37H,4,8-10,12-18H2,1H3,(H,35,44)(H,38,45)(H,39,42,43)/b30-24-. The first-order valence-corrected chi connectivity index (χ1v) is 15.9. The molecule has 1 atom stereocenters. The number of rotatable bonds is 8. The monoisotopic (exact) mass is 623 g/mol. The van der Waals surface area contributed by atoms with Crippen LogP contribution in [0.3, 0.4) is 0 Å². The van der Waals surface area contributed by atoms with Crippen molar-refractivity contribution >= 4 is 46.3 Å². The summed E-state index contributed by atoms with van der Waals surface area (Å²) in [6.07, 6.45) is 3.87. The number of pyridine rings is 1. The minimum atomic E-state index is -0.679. The van der Waals surface area contributed by atoms with Gasteiger partial charge in [-0.2, -0.15) is 0 Å². The lowest BCUT2D eigenvalue weighted by atomic mass is 9.99. The van der Waals surface area contributed by atoms with E-state index in [1.54, 1.807) is 6.20 Å². The Morgan fingerprint density at radius 2 is 1.85 bits per heavy atom. The van der Waals surface area contributed by atoms with Gasteiger partial charge in [-0.25, -0.2) is 4.98 Å². The number of hydrogen-bond donors (Lipinski definition) is 4. The molecule has 2 aromatic heterocycles. The quantitative estimate of drug-likeness (QED) is 0.170. The van der Waals surface area contributed by atoms with Gasteiger partial charge < -0.3 is 25.3 Å². The molecule has 1 aliphatic carbocycles. The molecule has 2 saturated heterocycles. The lowest BCUT2D eigenvalue weighted by Gasteiger charge is -2.35. The molecule has 5 heterocycles. The minimum Gasteiger partial charge on any atom is -0.479 e. The molecular formula is C34H37N7O5. The molecule has 7 rings (SSSR count). The summed E-state index contributed by atoms with van der Waals surface area (Å²) in [6, 6.07) is 11.4. The van der Waals surface area contributed by atoms with E-state index in [0.717, 1.165) is 91.6 Å². The summed E-state index contributed by atoms with van der Waals surface area (Å²) in [4.78, 5) is 62.0. The summed E-state index contributed by atoms with van der Waals surface area (Å²) in [5, 5.41) is 8.39. The molecule has 46 heavy (non-hydrogen) atoms. The number of para-hydroxylation sites is 1. The van der Waals surface area contributed by atoms with E-state index in [9.17, 15) is 19.2 Å². The van der Waals surface area contributed by atoms with Gasteiger partial charge in [-0.3, -0.25) is 29.4 Å². The van der Waals surface area contributed by atoms with Crippen LogP contribution in [0.15, 0.2) is 42.6 Å². The van der Waals surface area contributed by atoms with Crippen molar-refractivity contribution in [1.29, 1.82) is 0 Å². The summed E-state index contributed by atoms with van der Waals surface area (Å²) >= 11 is 0. The molecule has 0 radical (unpaired) electrons. The highest BCUT2D eigenvalue weighted by Crippen LogP contribution is 2.44. The van der Waals surface area contributed by atoms with E-state index in [1.165, 1.54) is 0 Å². The molecule has 3 aliphatic heterocycles. The predicted octanol–water partition coefficient (Wildman–Crippen LogP) is 2.65. The molecule has 1 unspecified atom stereocenters. The predicted molar refractivity (Wildman–Crippen MR) is 172 cm³/mol. The number of aromatic nitrogens is 2. The molecule has 1 aromatic carbocycles. The third kappa shape index (κ3) is 5.76. The van der Waals surface area contributed by atoms with Crippen LogP contribution in [0.1, 0.15) is 58.6 Å². The van der Waals surface area contributed by atoms with Gasteiger partial charge in [-0.05, 0) is 62.1 Å². The highest BCUT2D eigenvalue weighted by molar-refractivity contribution is 6.37. The number of anilines is 2. The average Bonchev–Trinajstić information content (AvgIpc) is 3.71. The van der Waals surface area contributed by atoms with Gasteiger partial charge in [0.25, 0.3) is 17.7 Å². The molecule has 4 N–H and O–H groups in total. The molecule has 4 aliphatic rings. The third-order valence-corrected chi connectivity index (χ3v) is 9.24. The number of fused-ring (bicyclic) bond motifs is 2. The summed E-state index contributed by atoms with van der Waals surface area (Å²) < 4.78 is 5.74. The summed E-state index contributed by atoms with van der Waals surface area (Å²) in [6.45, 7) is 6.84. The fraction of sp³-hybridized carbons (Fsp3) is 0.382. The van der Waals surface area contributed by atoms with Gasteiger partial charge in [0.1, 0.15) is 11.6 Å². The maximum atomic E-state index is 13.3. The Kier molecular flexibility index (Phi) is 8.03. The Labute approximate surface area is 266 Å². The minimum absolute atomic E-state index is 0.0709. The topological polar surface area (TPSA) is 149 Å². The number of nitrogens with zero attached hydrogens (tertiary/aromatic N) is 3. The number of benzene rings is 1. The Hall–Kier alpha value is -4.97. The maximum absolute atomic E-state index is 13.3. The van der Waals surface area contributed by atoms with E-state index in [-0.39, 0.29) is 24.1 Å². The van der Waals surface area contributed by atoms with Crippen LogP contribution in [0, 0.1) is 6.92 Å². The van der Waals surface area contributed by atoms with Crippen LogP contribution in [0.2, 0.25) is 0 Å². The molecular weight excluding hydrogens is 586 g/mol. The Morgan fingerprint density at radius 3 is 2.63 bits per heavy atom. The average molecular weight is 624 g/mol. The first kappa shape index (κ1) is 29.7. The molecule has 4 amide bonds. The van der Waals surface area contributed by atoms with Crippen molar-refractivity contribution in [3.8, 4) is 5.75 Å². The van der Waals surface area contributed by atoms with Gasteiger partial charge in [0.2, 0.25) is 5.91 Å². The molecule has 3 aromatic rings. The van der Waals surface area contributed by atoms with Crippen molar-refractivity contribution in [2.24, 2.45) is 0 Å². The number of imide groups is 1.